The minimum Gasteiger partial charge on any atom is -0.658 e. The van der Waals surface area contributed by atoms with Crippen molar-refractivity contribution < 1.29 is 17.9 Å². The predicted octanol–water partition coefficient (Wildman–Crippen LogP) is 4.43. The van der Waals surface area contributed by atoms with Gasteiger partial charge >= 0.3 is 6.36 Å². The van der Waals surface area contributed by atoms with Crippen LogP contribution in [0, 0.1) is 24.7 Å². The van der Waals surface area contributed by atoms with Crippen molar-refractivity contribution in [1.29, 1.82) is 0 Å². The molecule has 0 radical (unpaired) electrons. The first-order chi connectivity index (χ1) is 13.8. The number of imidazole rings is 1. The summed E-state index contributed by atoms with van der Waals surface area (Å²) in [5.74, 6) is 2.83. The number of rotatable bonds is 8. The van der Waals surface area contributed by atoms with Crippen LogP contribution in [0.1, 0.15) is 29.7 Å². The molecule has 2 unspecified atom stereocenters. The molecular formula is C21H26F3N4O-. The van der Waals surface area contributed by atoms with Crippen molar-refractivity contribution >= 4 is 0 Å². The Morgan fingerprint density at radius 1 is 1.28 bits per heavy atom. The summed E-state index contributed by atoms with van der Waals surface area (Å²) in [5, 5.41) is 4.59. The molecule has 2 fully saturated rings. The largest absolute Gasteiger partial charge is 0.658 e. The lowest BCUT2D eigenvalue weighted by Gasteiger charge is -2.24. The molecular weight excluding hydrogens is 381 g/mol. The summed E-state index contributed by atoms with van der Waals surface area (Å²) >= 11 is 0. The van der Waals surface area contributed by atoms with Crippen molar-refractivity contribution in [1.82, 2.24) is 14.9 Å². The number of nitrogens with zero attached hydrogens (tertiary/aromatic N) is 3. The van der Waals surface area contributed by atoms with Crippen LogP contribution in [0.4, 0.5) is 13.2 Å². The molecule has 1 aliphatic heterocycles. The second-order valence-electron chi connectivity index (χ2n) is 8.05. The Balaban J connectivity index is 1.19. The van der Waals surface area contributed by atoms with Crippen LogP contribution in [0.25, 0.3) is 5.32 Å². The summed E-state index contributed by atoms with van der Waals surface area (Å²) in [6, 6.07) is 6.06. The summed E-state index contributed by atoms with van der Waals surface area (Å²) in [5.41, 5.74) is 3.04. The molecule has 2 heterocycles. The lowest BCUT2D eigenvalue weighted by Crippen LogP contribution is -2.25. The fourth-order valence-corrected chi connectivity index (χ4v) is 4.42. The average Bonchev–Trinajstić information content (AvgIpc) is 2.98. The van der Waals surface area contributed by atoms with E-state index in [9.17, 15) is 13.2 Å². The van der Waals surface area contributed by atoms with Crippen LogP contribution in [0.15, 0.2) is 24.3 Å². The number of hydrogen-bond donors (Lipinski definition) is 1. The summed E-state index contributed by atoms with van der Waals surface area (Å²) in [6.45, 7) is 8.41. The summed E-state index contributed by atoms with van der Waals surface area (Å²) in [4.78, 5) is 10.5. The average molecular weight is 407 g/mol. The van der Waals surface area contributed by atoms with Crippen LogP contribution < -0.4 is 4.74 Å². The Labute approximate surface area is 168 Å². The molecule has 2 atom stereocenters. The topological polar surface area (TPSA) is 55.3 Å². The van der Waals surface area contributed by atoms with Crippen molar-refractivity contribution in [2.45, 2.75) is 39.7 Å². The zero-order valence-electron chi connectivity index (χ0n) is 16.7. The number of halogens is 3. The van der Waals surface area contributed by atoms with Gasteiger partial charge in [0.05, 0.1) is 5.69 Å². The molecule has 1 aromatic carbocycles. The number of aryl methyl sites for hydroxylation is 2. The molecule has 4 rings (SSSR count). The zero-order chi connectivity index (χ0) is 20.6. The van der Waals surface area contributed by atoms with Crippen LogP contribution in [0.2, 0.25) is 0 Å². The Morgan fingerprint density at radius 2 is 2.03 bits per heavy atom. The highest BCUT2D eigenvalue weighted by atomic mass is 19.4. The molecule has 0 spiro atoms. The smallest absolute Gasteiger partial charge is 0.573 e. The van der Waals surface area contributed by atoms with E-state index in [4.69, 9.17) is 0 Å². The standard InChI is InChI=1S/C21H26F3N4O/c1-3-20-26-13(2)19(27-20)12-28-10-17-16(18(17)11-28)9-25-8-14-5-4-6-15(7-14)29-21(22,23)24/h4-7,16-18H,3,8-12H2,1-2H3,(H,26,27)/q-1. The maximum absolute atomic E-state index is 12.3. The van der Waals surface area contributed by atoms with Gasteiger partial charge in [0, 0.05) is 31.7 Å². The Hall–Kier alpha value is -2.06. The molecule has 1 aromatic heterocycles. The lowest BCUT2D eigenvalue weighted by atomic mass is 10.2. The van der Waals surface area contributed by atoms with Crippen LogP contribution in [-0.2, 0) is 19.5 Å². The van der Waals surface area contributed by atoms with Crippen molar-refractivity contribution in [3.05, 3.63) is 52.4 Å². The van der Waals surface area contributed by atoms with Gasteiger partial charge in [-0.2, -0.15) is 0 Å². The monoisotopic (exact) mass is 407 g/mol. The van der Waals surface area contributed by atoms with Gasteiger partial charge in [-0.3, -0.25) is 4.90 Å². The molecule has 29 heavy (non-hydrogen) atoms. The third-order valence-electron chi connectivity index (χ3n) is 5.96. The zero-order valence-corrected chi connectivity index (χ0v) is 16.7. The van der Waals surface area contributed by atoms with Crippen LogP contribution in [0.3, 0.4) is 0 Å². The van der Waals surface area contributed by atoms with E-state index in [1.807, 2.05) is 0 Å². The SMILES string of the molecule is CCc1nc(CN2CC3C(C[N-]Cc4cccc(OC(F)(F)F)c4)C3C2)c(C)[nH]1. The Bertz CT molecular complexity index is 839. The quantitative estimate of drug-likeness (QED) is 0.704. The molecule has 2 aliphatic rings. The molecule has 1 N–H and O–H groups in total. The van der Waals surface area contributed by atoms with Gasteiger partial charge in [-0.25, -0.2) is 4.98 Å². The summed E-state index contributed by atoms with van der Waals surface area (Å²) in [6.07, 6.45) is -3.75. The normalized spacial score (nSPS) is 24.0. The van der Waals surface area contributed by atoms with Gasteiger partial charge in [0.2, 0.25) is 0 Å². The fraction of sp³-hybridized carbons (Fsp3) is 0.571. The van der Waals surface area contributed by atoms with E-state index in [2.05, 4.69) is 38.8 Å². The third kappa shape index (κ3) is 4.93. The first kappa shape index (κ1) is 20.2. The van der Waals surface area contributed by atoms with Gasteiger partial charge in [-0.05, 0) is 30.9 Å². The number of benzene rings is 1. The molecule has 0 amide bonds. The molecule has 5 nitrogen and oxygen atoms in total. The van der Waals surface area contributed by atoms with Crippen LogP contribution >= 0.6 is 0 Å². The predicted molar refractivity (Wildman–Crippen MR) is 104 cm³/mol. The number of alkyl halides is 3. The highest BCUT2D eigenvalue weighted by Gasteiger charge is 2.53. The molecule has 1 aliphatic carbocycles. The Morgan fingerprint density at radius 3 is 2.69 bits per heavy atom. The second-order valence-corrected chi connectivity index (χ2v) is 8.05. The van der Waals surface area contributed by atoms with Gasteiger partial charge in [0.15, 0.2) is 0 Å². The second kappa shape index (κ2) is 7.99. The number of piperidine rings is 1. The van der Waals surface area contributed by atoms with Gasteiger partial charge in [0.25, 0.3) is 0 Å². The van der Waals surface area contributed by atoms with E-state index in [1.54, 1.807) is 12.1 Å². The summed E-state index contributed by atoms with van der Waals surface area (Å²) in [7, 11) is 0. The van der Waals surface area contributed by atoms with Crippen molar-refractivity contribution in [2.24, 2.45) is 17.8 Å². The van der Waals surface area contributed by atoms with E-state index < -0.39 is 6.36 Å². The molecule has 2 aromatic rings. The third-order valence-corrected chi connectivity index (χ3v) is 5.96. The fourth-order valence-electron chi connectivity index (χ4n) is 4.42. The van der Waals surface area contributed by atoms with E-state index in [0.717, 1.165) is 55.4 Å². The number of aromatic nitrogens is 2. The number of H-pyrrole nitrogens is 1. The number of aromatic amines is 1. The van der Waals surface area contributed by atoms with E-state index in [1.165, 1.54) is 12.1 Å². The number of fused-ring (bicyclic) bond motifs is 1. The molecule has 0 bridgehead atoms. The molecule has 158 valence electrons. The van der Waals surface area contributed by atoms with E-state index in [-0.39, 0.29) is 5.75 Å². The molecule has 8 heteroatoms. The van der Waals surface area contributed by atoms with Crippen LogP contribution in [0.5, 0.6) is 5.75 Å². The minimum absolute atomic E-state index is 0.191. The van der Waals surface area contributed by atoms with E-state index >= 15 is 0 Å². The number of nitrogens with one attached hydrogen (secondary N) is 1. The first-order valence-electron chi connectivity index (χ1n) is 10.1. The highest BCUT2D eigenvalue weighted by Crippen LogP contribution is 2.52. The highest BCUT2D eigenvalue weighted by molar-refractivity contribution is 5.30. The summed E-state index contributed by atoms with van der Waals surface area (Å²) < 4.78 is 40.9. The van der Waals surface area contributed by atoms with Crippen molar-refractivity contribution in [2.75, 3.05) is 19.6 Å². The maximum Gasteiger partial charge on any atom is 0.573 e. The lowest BCUT2D eigenvalue weighted by molar-refractivity contribution is -0.274. The van der Waals surface area contributed by atoms with Gasteiger partial charge in [-0.1, -0.05) is 30.5 Å². The Kier molecular flexibility index (Phi) is 5.57. The first-order valence-corrected chi connectivity index (χ1v) is 10.1. The van der Waals surface area contributed by atoms with Gasteiger partial charge < -0.3 is 15.0 Å². The molecule has 1 saturated carbocycles. The van der Waals surface area contributed by atoms with Crippen molar-refractivity contribution in [3.63, 3.8) is 0 Å². The number of likely N-dealkylation sites (tertiary alicyclic amines) is 1. The number of ether oxygens (including phenoxy) is 1. The van der Waals surface area contributed by atoms with Gasteiger partial charge in [-0.15, -0.1) is 26.3 Å². The van der Waals surface area contributed by atoms with Crippen LogP contribution in [-0.4, -0.2) is 40.9 Å². The van der Waals surface area contributed by atoms with Crippen molar-refractivity contribution in [3.8, 4) is 5.75 Å². The number of hydrogen-bond acceptors (Lipinski definition) is 3. The maximum atomic E-state index is 12.3. The molecule has 1 saturated heterocycles. The van der Waals surface area contributed by atoms with Gasteiger partial charge in [0.1, 0.15) is 11.6 Å². The minimum atomic E-state index is -4.67. The van der Waals surface area contributed by atoms with E-state index in [0.29, 0.717) is 24.3 Å².